The summed E-state index contributed by atoms with van der Waals surface area (Å²) in [7, 11) is 4.23. The van der Waals surface area contributed by atoms with E-state index in [0.29, 0.717) is 28.7 Å². The Hall–Kier alpha value is -3.17. The lowest BCUT2D eigenvalue weighted by atomic mass is 9.99. The Kier molecular flexibility index (Phi) is 5.82. The zero-order chi connectivity index (χ0) is 23.9. The van der Waals surface area contributed by atoms with Crippen LogP contribution in [0.5, 0.6) is 0 Å². The molecule has 8 nitrogen and oxygen atoms in total. The van der Waals surface area contributed by atoms with E-state index < -0.39 is 0 Å². The van der Waals surface area contributed by atoms with E-state index in [0.717, 1.165) is 68.9 Å². The van der Waals surface area contributed by atoms with Crippen LogP contribution in [0.3, 0.4) is 0 Å². The first kappa shape index (κ1) is 22.3. The van der Waals surface area contributed by atoms with E-state index in [9.17, 15) is 0 Å². The molecule has 0 saturated carbocycles. The Morgan fingerprint density at radius 1 is 1.00 bits per heavy atom. The van der Waals surface area contributed by atoms with Gasteiger partial charge in [0.2, 0.25) is 0 Å². The van der Waals surface area contributed by atoms with Crippen LogP contribution in [-0.2, 0) is 4.74 Å². The fourth-order valence-electron chi connectivity index (χ4n) is 5.37. The zero-order valence-corrected chi connectivity index (χ0v) is 20.2. The smallest absolute Gasteiger partial charge is 0.181 e. The predicted octanol–water partition coefficient (Wildman–Crippen LogP) is 3.90. The van der Waals surface area contributed by atoms with Gasteiger partial charge in [0.1, 0.15) is 17.2 Å². The van der Waals surface area contributed by atoms with Gasteiger partial charge in [0.15, 0.2) is 11.3 Å². The largest absolute Gasteiger partial charge is 0.381 e. The molecule has 1 aromatic carbocycles. The summed E-state index contributed by atoms with van der Waals surface area (Å²) in [5.74, 6) is 0.947. The van der Waals surface area contributed by atoms with E-state index in [1.54, 1.807) is 12.3 Å². The molecule has 3 aromatic heterocycles. The number of hydrogen-bond acceptors (Lipinski definition) is 7. The van der Waals surface area contributed by atoms with Gasteiger partial charge in [-0.25, -0.2) is 14.4 Å². The van der Waals surface area contributed by atoms with Crippen LogP contribution < -0.4 is 4.90 Å². The van der Waals surface area contributed by atoms with Gasteiger partial charge in [-0.15, -0.1) is 10.2 Å². The molecule has 9 heteroatoms. The number of ether oxygens (including phenoxy) is 1. The summed E-state index contributed by atoms with van der Waals surface area (Å²) in [5, 5.41) is 8.82. The summed E-state index contributed by atoms with van der Waals surface area (Å²) in [5.41, 5.74) is 4.24. The van der Waals surface area contributed by atoms with Crippen molar-refractivity contribution in [2.75, 3.05) is 45.3 Å². The highest BCUT2D eigenvalue weighted by Gasteiger charge is 2.24. The summed E-state index contributed by atoms with van der Waals surface area (Å²) in [6.07, 6.45) is 5.62. The summed E-state index contributed by atoms with van der Waals surface area (Å²) in [6.45, 7) is 3.17. The van der Waals surface area contributed by atoms with E-state index in [2.05, 4.69) is 39.1 Å². The van der Waals surface area contributed by atoms with Crippen molar-refractivity contribution in [3.05, 3.63) is 48.2 Å². The van der Waals surface area contributed by atoms with Gasteiger partial charge in [0, 0.05) is 43.8 Å². The number of anilines is 1. The number of benzene rings is 1. The molecular formula is C26H30FN7O. The molecule has 2 saturated heterocycles. The molecular weight excluding hydrogens is 445 g/mol. The number of nitrogens with zero attached hydrogens (tertiary/aromatic N) is 7. The third kappa shape index (κ3) is 4.12. The molecule has 0 amide bonds. The summed E-state index contributed by atoms with van der Waals surface area (Å²) < 4.78 is 22.8. The molecule has 35 heavy (non-hydrogen) atoms. The molecule has 2 aliphatic heterocycles. The van der Waals surface area contributed by atoms with Crippen LogP contribution in [0.25, 0.3) is 28.1 Å². The highest BCUT2D eigenvalue weighted by Crippen LogP contribution is 2.31. The molecule has 2 fully saturated rings. The standard InChI is InChI=1S/C26H30FN7O/c1-32(2)19-7-11-33(12-8-19)23-6-3-18(15-20(23)27)21-4-5-22-26(29-21)34-24(16-28-22)30-31-25(34)17-9-13-35-14-10-17/h3-6,15-17,19H,7-14H2,1-2H3. The van der Waals surface area contributed by atoms with Crippen molar-refractivity contribution in [3.63, 3.8) is 0 Å². The molecule has 4 aromatic rings. The fourth-order valence-corrected chi connectivity index (χ4v) is 5.37. The monoisotopic (exact) mass is 475 g/mol. The number of piperidine rings is 1. The quantitative estimate of drug-likeness (QED) is 0.443. The van der Waals surface area contributed by atoms with Gasteiger partial charge in [-0.1, -0.05) is 6.07 Å². The van der Waals surface area contributed by atoms with E-state index in [4.69, 9.17) is 9.72 Å². The van der Waals surface area contributed by atoms with Crippen molar-refractivity contribution in [2.45, 2.75) is 37.6 Å². The van der Waals surface area contributed by atoms with Crippen LogP contribution in [0.1, 0.15) is 37.4 Å². The van der Waals surface area contributed by atoms with Gasteiger partial charge >= 0.3 is 0 Å². The maximum Gasteiger partial charge on any atom is 0.181 e. The molecule has 0 spiro atoms. The molecule has 0 bridgehead atoms. The minimum absolute atomic E-state index is 0.212. The van der Waals surface area contributed by atoms with Gasteiger partial charge < -0.3 is 14.5 Å². The SMILES string of the molecule is CN(C)C1CCN(c2ccc(-c3ccc4ncc5nnc(C6CCOCC6)n5c4n3)cc2F)CC1. The second-order valence-corrected chi connectivity index (χ2v) is 9.78. The average molecular weight is 476 g/mol. The average Bonchev–Trinajstić information content (AvgIpc) is 3.34. The number of hydrogen-bond donors (Lipinski definition) is 0. The van der Waals surface area contributed by atoms with Crippen LogP contribution in [-0.4, -0.2) is 75.9 Å². The Morgan fingerprint density at radius 3 is 2.54 bits per heavy atom. The second kappa shape index (κ2) is 9.13. The number of aromatic nitrogens is 5. The summed E-state index contributed by atoms with van der Waals surface area (Å²) >= 11 is 0. The van der Waals surface area contributed by atoms with Gasteiger partial charge in [-0.3, -0.25) is 4.40 Å². The summed E-state index contributed by atoms with van der Waals surface area (Å²) in [6, 6.07) is 9.84. The predicted molar refractivity (Wildman–Crippen MR) is 133 cm³/mol. The van der Waals surface area contributed by atoms with Crippen molar-refractivity contribution in [3.8, 4) is 11.3 Å². The molecule has 0 atom stereocenters. The maximum absolute atomic E-state index is 15.3. The molecule has 182 valence electrons. The molecule has 6 rings (SSSR count). The minimum atomic E-state index is -0.212. The molecule has 5 heterocycles. The van der Waals surface area contributed by atoms with Crippen LogP contribution >= 0.6 is 0 Å². The number of fused-ring (bicyclic) bond motifs is 3. The molecule has 0 unspecified atom stereocenters. The first-order valence-corrected chi connectivity index (χ1v) is 12.4. The third-order valence-electron chi connectivity index (χ3n) is 7.46. The van der Waals surface area contributed by atoms with Crippen molar-refractivity contribution >= 4 is 22.5 Å². The van der Waals surface area contributed by atoms with Crippen LogP contribution in [0.4, 0.5) is 10.1 Å². The highest BCUT2D eigenvalue weighted by molar-refractivity contribution is 5.78. The first-order chi connectivity index (χ1) is 17.1. The molecule has 2 aliphatic rings. The number of rotatable bonds is 4. The Labute approximate surface area is 203 Å². The topological polar surface area (TPSA) is 71.7 Å². The lowest BCUT2D eigenvalue weighted by molar-refractivity contribution is 0.0834. The fraction of sp³-hybridized carbons (Fsp3) is 0.462. The number of halogens is 1. The van der Waals surface area contributed by atoms with E-state index in [1.165, 1.54) is 0 Å². The van der Waals surface area contributed by atoms with Gasteiger partial charge in [0.05, 0.1) is 17.6 Å². The van der Waals surface area contributed by atoms with Crippen LogP contribution in [0, 0.1) is 5.82 Å². The van der Waals surface area contributed by atoms with Gasteiger partial charge in [0.25, 0.3) is 0 Å². The van der Waals surface area contributed by atoms with Gasteiger partial charge in [-0.05, 0) is 64.0 Å². The molecule has 0 radical (unpaired) electrons. The van der Waals surface area contributed by atoms with E-state index in [1.807, 2.05) is 28.7 Å². The lowest BCUT2D eigenvalue weighted by Gasteiger charge is -2.36. The van der Waals surface area contributed by atoms with Crippen molar-refractivity contribution in [1.82, 2.24) is 29.5 Å². The second-order valence-electron chi connectivity index (χ2n) is 9.78. The van der Waals surface area contributed by atoms with E-state index in [-0.39, 0.29) is 11.7 Å². The lowest BCUT2D eigenvalue weighted by Crippen LogP contribution is -2.42. The number of pyridine rings is 1. The Balaban J connectivity index is 1.34. The van der Waals surface area contributed by atoms with E-state index >= 15 is 4.39 Å². The van der Waals surface area contributed by atoms with Crippen LogP contribution in [0.2, 0.25) is 0 Å². The maximum atomic E-state index is 15.3. The highest BCUT2D eigenvalue weighted by atomic mass is 19.1. The minimum Gasteiger partial charge on any atom is -0.381 e. The molecule has 0 N–H and O–H groups in total. The summed E-state index contributed by atoms with van der Waals surface area (Å²) in [4.78, 5) is 13.8. The van der Waals surface area contributed by atoms with Crippen molar-refractivity contribution in [2.24, 2.45) is 0 Å². The molecule has 0 aliphatic carbocycles. The van der Waals surface area contributed by atoms with Crippen molar-refractivity contribution in [1.29, 1.82) is 0 Å². The Morgan fingerprint density at radius 2 is 1.80 bits per heavy atom. The first-order valence-electron chi connectivity index (χ1n) is 12.4. The third-order valence-corrected chi connectivity index (χ3v) is 7.46. The van der Waals surface area contributed by atoms with Crippen LogP contribution in [0.15, 0.2) is 36.5 Å². The van der Waals surface area contributed by atoms with Gasteiger partial charge in [-0.2, -0.15) is 0 Å². The van der Waals surface area contributed by atoms with Crippen molar-refractivity contribution < 1.29 is 9.13 Å². The Bertz CT molecular complexity index is 1360. The zero-order valence-electron chi connectivity index (χ0n) is 20.2. The normalized spacial score (nSPS) is 18.2.